The van der Waals surface area contributed by atoms with Crippen LogP contribution < -0.4 is 25.6 Å². The Morgan fingerprint density at radius 2 is 1.97 bits per heavy atom. The van der Waals surface area contributed by atoms with Crippen LogP contribution in [0.25, 0.3) is 11.2 Å². The van der Waals surface area contributed by atoms with E-state index in [4.69, 9.17) is 10.1 Å². The van der Waals surface area contributed by atoms with Crippen LogP contribution >= 0.6 is 0 Å². The van der Waals surface area contributed by atoms with Gasteiger partial charge >= 0.3 is 0 Å². The summed E-state index contributed by atoms with van der Waals surface area (Å²) in [6, 6.07) is 10.8. The van der Waals surface area contributed by atoms with Gasteiger partial charge in [-0.15, -0.1) is 0 Å². The molecule has 1 aliphatic rings. The zero-order valence-corrected chi connectivity index (χ0v) is 20.8. The average Bonchev–Trinajstić information content (AvgIpc) is 3.32. The van der Waals surface area contributed by atoms with E-state index in [1.165, 1.54) is 13.5 Å². The number of anilines is 5. The fourth-order valence-corrected chi connectivity index (χ4v) is 4.09. The van der Waals surface area contributed by atoms with Crippen LogP contribution in [0.5, 0.6) is 5.75 Å². The van der Waals surface area contributed by atoms with Gasteiger partial charge in [0.1, 0.15) is 17.2 Å². The van der Waals surface area contributed by atoms with Gasteiger partial charge in [0, 0.05) is 31.8 Å². The van der Waals surface area contributed by atoms with Crippen molar-refractivity contribution >= 4 is 45.6 Å². The highest BCUT2D eigenvalue weighted by Gasteiger charge is 2.20. The van der Waals surface area contributed by atoms with Crippen LogP contribution in [0.15, 0.2) is 54.9 Å². The molecule has 1 aromatic carbocycles. The van der Waals surface area contributed by atoms with Crippen molar-refractivity contribution in [1.82, 2.24) is 25.3 Å². The molecule has 4 aromatic rings. The van der Waals surface area contributed by atoms with Gasteiger partial charge in [0.05, 0.1) is 36.1 Å². The lowest BCUT2D eigenvalue weighted by atomic mass is 10.1. The number of para-hydroxylation sites is 1. The summed E-state index contributed by atoms with van der Waals surface area (Å²) in [7, 11) is 3.25. The lowest BCUT2D eigenvalue weighted by Gasteiger charge is -2.32. The lowest BCUT2D eigenvalue weighted by Crippen LogP contribution is -2.36. The molecule has 0 amide bonds. The first-order valence-corrected chi connectivity index (χ1v) is 12.0. The van der Waals surface area contributed by atoms with Gasteiger partial charge in [0.25, 0.3) is 6.43 Å². The number of pyridine rings is 2. The van der Waals surface area contributed by atoms with E-state index in [0.717, 1.165) is 18.8 Å². The molecule has 10 nitrogen and oxygen atoms in total. The highest BCUT2D eigenvalue weighted by atomic mass is 19.3. The summed E-state index contributed by atoms with van der Waals surface area (Å²) in [6.45, 7) is 2.04. The van der Waals surface area contributed by atoms with Crippen molar-refractivity contribution in [2.45, 2.75) is 12.8 Å². The number of H-pyrrole nitrogens is 1. The minimum Gasteiger partial charge on any atom is -0.494 e. The molecule has 0 atom stereocenters. The van der Waals surface area contributed by atoms with Crippen LogP contribution in [0.4, 0.5) is 37.5 Å². The zero-order valence-electron chi connectivity index (χ0n) is 20.8. The second-order valence-electron chi connectivity index (χ2n) is 8.59. The maximum atomic E-state index is 13.5. The number of fused-ring (bicyclic) bond motifs is 1. The molecule has 12 heteroatoms. The number of aromatic amines is 1. The number of nitrogens with zero attached hydrogens (tertiary/aromatic N) is 4. The minimum atomic E-state index is -2.79. The number of alkyl halides is 2. The largest absolute Gasteiger partial charge is 0.494 e. The zero-order chi connectivity index (χ0) is 26.6. The van der Waals surface area contributed by atoms with E-state index < -0.39 is 12.2 Å². The summed E-state index contributed by atoms with van der Waals surface area (Å²) in [6.07, 6.45) is 3.43. The number of hydrogen-bond donors (Lipinski definition) is 5. The number of aromatic nitrogens is 4. The second-order valence-corrected chi connectivity index (χ2v) is 8.59. The predicted octanol–water partition coefficient (Wildman–Crippen LogP) is 5.10. The highest BCUT2D eigenvalue weighted by Crippen LogP contribution is 2.35. The number of nitrogens with one attached hydrogen (secondary N) is 5. The Bertz CT molecular complexity index is 1480. The first-order chi connectivity index (χ1) is 18.5. The van der Waals surface area contributed by atoms with E-state index in [9.17, 15) is 8.78 Å². The molecule has 1 fully saturated rings. The molecule has 0 radical (unpaired) electrons. The summed E-state index contributed by atoms with van der Waals surface area (Å²) in [5.41, 5.74) is 3.21. The molecule has 5 rings (SSSR count). The third-order valence-electron chi connectivity index (χ3n) is 6.10. The smallest absolute Gasteiger partial charge is 0.295 e. The lowest BCUT2D eigenvalue weighted by molar-refractivity contribution is 0.142. The average molecular weight is 520 g/mol. The molecule has 0 bridgehead atoms. The number of halogens is 2. The summed E-state index contributed by atoms with van der Waals surface area (Å²) in [5, 5.41) is 17.6. The summed E-state index contributed by atoms with van der Waals surface area (Å²) in [4.78, 5) is 17.8. The van der Waals surface area contributed by atoms with Crippen LogP contribution in [0.1, 0.15) is 24.2 Å². The third-order valence-corrected chi connectivity index (χ3v) is 6.10. The number of allylic oxidation sites excluding steroid dienone is 1. The Balaban J connectivity index is 1.51. The number of hydrogen-bond acceptors (Lipinski definition) is 9. The molecule has 0 aliphatic carbocycles. The monoisotopic (exact) mass is 519 g/mol. The maximum Gasteiger partial charge on any atom is 0.295 e. The van der Waals surface area contributed by atoms with Crippen molar-refractivity contribution in [1.29, 1.82) is 5.41 Å². The predicted molar refractivity (Wildman–Crippen MR) is 145 cm³/mol. The van der Waals surface area contributed by atoms with Crippen molar-refractivity contribution in [3.63, 3.8) is 0 Å². The fourth-order valence-electron chi connectivity index (χ4n) is 4.09. The quantitative estimate of drug-likeness (QED) is 0.183. The Labute approximate surface area is 217 Å². The van der Waals surface area contributed by atoms with Gasteiger partial charge < -0.3 is 36.0 Å². The Kier molecular flexibility index (Phi) is 7.03. The van der Waals surface area contributed by atoms with Crippen LogP contribution in [0, 0.1) is 5.41 Å². The number of methoxy groups -OCH3 is 1. The van der Waals surface area contributed by atoms with Gasteiger partial charge in [-0.3, -0.25) is 0 Å². The van der Waals surface area contributed by atoms with Gasteiger partial charge in [-0.1, -0.05) is 6.07 Å². The highest BCUT2D eigenvalue weighted by molar-refractivity contribution is 6.09. The summed E-state index contributed by atoms with van der Waals surface area (Å²) in [5.74, 6) is 0.883. The molecule has 4 heterocycles. The maximum absolute atomic E-state index is 13.5. The van der Waals surface area contributed by atoms with Crippen LogP contribution in [-0.4, -0.2) is 52.9 Å². The molecule has 0 unspecified atom stereocenters. The van der Waals surface area contributed by atoms with Gasteiger partial charge in [-0.25, -0.2) is 23.7 Å². The molecule has 3 aromatic heterocycles. The van der Waals surface area contributed by atoms with E-state index in [2.05, 4.69) is 40.8 Å². The van der Waals surface area contributed by atoms with E-state index in [-0.39, 0.29) is 16.9 Å². The molecule has 1 aliphatic heterocycles. The molecule has 196 valence electrons. The third kappa shape index (κ3) is 5.05. The number of imidazole rings is 1. The summed E-state index contributed by atoms with van der Waals surface area (Å²) < 4.78 is 32.6. The number of rotatable bonds is 10. The molecular weight excluding hydrogens is 492 g/mol. The molecule has 5 N–H and O–H groups in total. The molecule has 38 heavy (non-hydrogen) atoms. The normalized spacial score (nSPS) is 13.1. The van der Waals surface area contributed by atoms with Crippen molar-refractivity contribution in [3.05, 3.63) is 66.3 Å². The molecule has 0 spiro atoms. The first-order valence-electron chi connectivity index (χ1n) is 12.0. The van der Waals surface area contributed by atoms with Gasteiger partial charge in [-0.05, 0) is 43.0 Å². The number of benzene rings is 1. The molecule has 0 saturated carbocycles. The molecule has 1 saturated heterocycles. The van der Waals surface area contributed by atoms with E-state index in [0.29, 0.717) is 34.3 Å². The van der Waals surface area contributed by atoms with E-state index in [1.54, 1.807) is 49.8 Å². The topological polar surface area (TPSA) is 127 Å². The minimum absolute atomic E-state index is 0.185. The number of ether oxygens (including phenoxy) is 1. The SMILES string of the molecule is CN/C=C\C(=N)c1cccc(Nc2cc(Nc3ccc(N4CCC4)cn3)nc3[nH]c(C(F)F)nc23)c1OC. The summed E-state index contributed by atoms with van der Waals surface area (Å²) >= 11 is 0. The van der Waals surface area contributed by atoms with Gasteiger partial charge in [0.2, 0.25) is 0 Å². The van der Waals surface area contributed by atoms with Crippen LogP contribution in [-0.2, 0) is 0 Å². The first kappa shape index (κ1) is 24.9. The van der Waals surface area contributed by atoms with Crippen LogP contribution in [0.3, 0.4) is 0 Å². The Hall–Kier alpha value is -4.74. The van der Waals surface area contributed by atoms with Crippen LogP contribution in [0.2, 0.25) is 0 Å². The van der Waals surface area contributed by atoms with Crippen molar-refractivity contribution < 1.29 is 13.5 Å². The standard InChI is InChI=1S/C26H27F2N9O/c1-30-10-9-17(29)16-5-3-6-18(23(16)38-2)32-19-13-21(34-25-22(19)35-26(36-25)24(27)28)33-20-8-7-15(14-31-20)37-11-4-12-37/h3,5-10,13-14,24,29-30H,4,11-12H2,1-2H3,(H3,31,32,33,34,35,36)/b10-9-,29-17?. The Morgan fingerprint density at radius 1 is 1.13 bits per heavy atom. The molecular formula is C26H27F2N9O. The van der Waals surface area contributed by atoms with Crippen molar-refractivity contribution in [3.8, 4) is 5.75 Å². The van der Waals surface area contributed by atoms with Crippen molar-refractivity contribution in [2.24, 2.45) is 0 Å². The van der Waals surface area contributed by atoms with Gasteiger partial charge in [-0.2, -0.15) is 0 Å². The van der Waals surface area contributed by atoms with Gasteiger partial charge in [0.15, 0.2) is 17.2 Å². The second kappa shape index (κ2) is 10.7. The van der Waals surface area contributed by atoms with E-state index in [1.807, 2.05) is 12.1 Å². The Morgan fingerprint density at radius 3 is 2.63 bits per heavy atom. The fraction of sp³-hybridized carbons (Fsp3) is 0.231. The van der Waals surface area contributed by atoms with E-state index >= 15 is 0 Å². The van der Waals surface area contributed by atoms with Crippen molar-refractivity contribution in [2.75, 3.05) is 42.8 Å².